The van der Waals surface area contributed by atoms with Crippen LogP contribution in [0.25, 0.3) is 0 Å². The minimum atomic E-state index is -3.80. The van der Waals surface area contributed by atoms with Crippen LogP contribution in [0.3, 0.4) is 0 Å². The molecule has 0 bridgehead atoms. The third-order valence-electron chi connectivity index (χ3n) is 3.46. The second kappa shape index (κ2) is 11.0. The molecule has 0 saturated carbocycles. The van der Waals surface area contributed by atoms with Crippen molar-refractivity contribution in [1.82, 2.24) is 0 Å². The molecule has 0 heterocycles. The van der Waals surface area contributed by atoms with Gasteiger partial charge in [-0.2, -0.15) is 8.78 Å². The lowest BCUT2D eigenvalue weighted by Gasteiger charge is -2.19. The minimum absolute atomic E-state index is 0.0715. The summed E-state index contributed by atoms with van der Waals surface area (Å²) in [6.45, 7) is 2.18. The van der Waals surface area contributed by atoms with Crippen LogP contribution in [0.2, 0.25) is 0 Å². The zero-order valence-corrected chi connectivity index (χ0v) is 12.7. The second-order valence-corrected chi connectivity index (χ2v) is 5.25. The Morgan fingerprint density at radius 1 is 1.05 bits per heavy atom. The molecule has 120 valence electrons. The molecule has 0 aromatic carbocycles. The van der Waals surface area contributed by atoms with E-state index in [4.69, 9.17) is 0 Å². The molecule has 20 heavy (non-hydrogen) atoms. The SMILES string of the molecule is CCCCCCCCCCC[C@@H](O)C(F)(F)C(=O)OC. The van der Waals surface area contributed by atoms with Crippen LogP contribution in [0.15, 0.2) is 0 Å². The van der Waals surface area contributed by atoms with Gasteiger partial charge in [0.25, 0.3) is 0 Å². The maximum Gasteiger partial charge on any atom is 0.379 e. The molecule has 0 spiro atoms. The lowest BCUT2D eigenvalue weighted by Crippen LogP contribution is -2.42. The van der Waals surface area contributed by atoms with Crippen LogP contribution in [0, 0.1) is 0 Å². The summed E-state index contributed by atoms with van der Waals surface area (Å²) in [5.41, 5.74) is 0. The van der Waals surface area contributed by atoms with Gasteiger partial charge in [-0.25, -0.2) is 4.79 Å². The summed E-state index contributed by atoms with van der Waals surface area (Å²) in [6, 6.07) is 0. The summed E-state index contributed by atoms with van der Waals surface area (Å²) < 4.78 is 30.4. The topological polar surface area (TPSA) is 46.5 Å². The standard InChI is InChI=1S/C15H28F2O3/c1-3-4-5-6-7-8-9-10-11-12-13(18)15(16,17)14(19)20-2/h13,18H,3-12H2,1-2H3/t13-/m1/s1. The van der Waals surface area contributed by atoms with Gasteiger partial charge in [0, 0.05) is 0 Å². The largest absolute Gasteiger partial charge is 0.465 e. The number of ether oxygens (including phenoxy) is 1. The Labute approximate surface area is 120 Å². The average Bonchev–Trinajstić information content (AvgIpc) is 2.44. The molecule has 0 radical (unpaired) electrons. The van der Waals surface area contributed by atoms with Crippen molar-refractivity contribution in [3.8, 4) is 0 Å². The van der Waals surface area contributed by atoms with Crippen molar-refractivity contribution >= 4 is 5.97 Å². The molecule has 0 amide bonds. The van der Waals surface area contributed by atoms with Gasteiger partial charge < -0.3 is 9.84 Å². The van der Waals surface area contributed by atoms with Gasteiger partial charge in [0.1, 0.15) is 6.10 Å². The van der Waals surface area contributed by atoms with Crippen molar-refractivity contribution < 1.29 is 23.4 Å². The molecule has 3 nitrogen and oxygen atoms in total. The Morgan fingerprint density at radius 3 is 1.95 bits per heavy atom. The summed E-state index contributed by atoms with van der Waals surface area (Å²) in [4.78, 5) is 10.8. The lowest BCUT2D eigenvalue weighted by atomic mass is 10.0. The molecular weight excluding hydrogens is 266 g/mol. The Morgan fingerprint density at radius 2 is 1.50 bits per heavy atom. The summed E-state index contributed by atoms with van der Waals surface area (Å²) in [5.74, 6) is -5.46. The number of carbonyl (C=O) groups excluding carboxylic acids is 1. The molecule has 0 aliphatic carbocycles. The first-order valence-corrected chi connectivity index (χ1v) is 7.61. The van der Waals surface area contributed by atoms with Crippen molar-refractivity contribution in [3.05, 3.63) is 0 Å². The van der Waals surface area contributed by atoms with Crippen molar-refractivity contribution in [2.75, 3.05) is 7.11 Å². The Bertz CT molecular complexity index is 258. The normalized spacial score (nSPS) is 13.2. The average molecular weight is 294 g/mol. The molecule has 5 heteroatoms. The molecule has 0 rings (SSSR count). The summed E-state index contributed by atoms with van der Waals surface area (Å²) >= 11 is 0. The van der Waals surface area contributed by atoms with Crippen LogP contribution in [0.4, 0.5) is 8.78 Å². The third-order valence-corrected chi connectivity index (χ3v) is 3.46. The first-order chi connectivity index (χ1) is 9.46. The predicted molar refractivity (Wildman–Crippen MR) is 74.8 cm³/mol. The van der Waals surface area contributed by atoms with Crippen LogP contribution >= 0.6 is 0 Å². The molecule has 0 aliphatic heterocycles. The smallest absolute Gasteiger partial charge is 0.379 e. The lowest BCUT2D eigenvalue weighted by molar-refractivity contribution is -0.186. The minimum Gasteiger partial charge on any atom is -0.465 e. The summed E-state index contributed by atoms with van der Waals surface area (Å²) in [5, 5.41) is 9.33. The van der Waals surface area contributed by atoms with Crippen molar-refractivity contribution in [3.63, 3.8) is 0 Å². The van der Waals surface area contributed by atoms with E-state index in [1.54, 1.807) is 0 Å². The van der Waals surface area contributed by atoms with Crippen molar-refractivity contribution in [1.29, 1.82) is 0 Å². The van der Waals surface area contributed by atoms with Crippen LogP contribution in [0.1, 0.15) is 71.1 Å². The van der Waals surface area contributed by atoms with E-state index >= 15 is 0 Å². The van der Waals surface area contributed by atoms with E-state index in [1.165, 1.54) is 32.1 Å². The Hall–Kier alpha value is -0.710. The number of unbranched alkanes of at least 4 members (excludes halogenated alkanes) is 8. The number of hydrogen-bond acceptors (Lipinski definition) is 3. The van der Waals surface area contributed by atoms with Crippen LogP contribution < -0.4 is 0 Å². The van der Waals surface area contributed by atoms with E-state index in [9.17, 15) is 18.7 Å². The number of hydrogen-bond donors (Lipinski definition) is 1. The molecule has 0 aliphatic rings. The highest BCUT2D eigenvalue weighted by molar-refractivity contribution is 5.78. The monoisotopic (exact) mass is 294 g/mol. The van der Waals surface area contributed by atoms with Gasteiger partial charge in [0.05, 0.1) is 7.11 Å². The van der Waals surface area contributed by atoms with Gasteiger partial charge >= 0.3 is 11.9 Å². The fourth-order valence-electron chi connectivity index (χ4n) is 2.10. The molecule has 1 atom stereocenters. The zero-order chi connectivity index (χ0) is 15.4. The number of esters is 1. The fraction of sp³-hybridized carbons (Fsp3) is 0.933. The van der Waals surface area contributed by atoms with Crippen LogP contribution in [0.5, 0.6) is 0 Å². The quantitative estimate of drug-likeness (QED) is 0.436. The number of carbonyl (C=O) groups is 1. The maximum absolute atomic E-state index is 13.2. The Balaban J connectivity index is 3.57. The van der Waals surface area contributed by atoms with Crippen molar-refractivity contribution in [2.45, 2.75) is 83.2 Å². The molecule has 0 saturated heterocycles. The number of halogens is 2. The van der Waals surface area contributed by atoms with E-state index < -0.39 is 18.0 Å². The first-order valence-electron chi connectivity index (χ1n) is 7.61. The first kappa shape index (κ1) is 19.3. The number of methoxy groups -OCH3 is 1. The number of rotatable bonds is 12. The van der Waals surface area contributed by atoms with Gasteiger partial charge in [0.2, 0.25) is 0 Å². The molecule has 1 N–H and O–H groups in total. The van der Waals surface area contributed by atoms with Crippen LogP contribution in [-0.4, -0.2) is 30.2 Å². The van der Waals surface area contributed by atoms with Gasteiger partial charge in [-0.05, 0) is 6.42 Å². The fourth-order valence-corrected chi connectivity index (χ4v) is 2.10. The van der Waals surface area contributed by atoms with E-state index in [0.717, 1.165) is 26.4 Å². The van der Waals surface area contributed by atoms with Crippen LogP contribution in [-0.2, 0) is 9.53 Å². The Kier molecular flexibility index (Phi) is 10.6. The highest BCUT2D eigenvalue weighted by Crippen LogP contribution is 2.24. The van der Waals surface area contributed by atoms with E-state index in [2.05, 4.69) is 11.7 Å². The molecule has 0 unspecified atom stereocenters. The van der Waals surface area contributed by atoms with Gasteiger partial charge in [0.15, 0.2) is 0 Å². The van der Waals surface area contributed by atoms with Gasteiger partial charge in [-0.15, -0.1) is 0 Å². The molecule has 0 aromatic rings. The van der Waals surface area contributed by atoms with Gasteiger partial charge in [-0.3, -0.25) is 0 Å². The summed E-state index contributed by atoms with van der Waals surface area (Å²) in [7, 11) is 0.890. The maximum atomic E-state index is 13.2. The second-order valence-electron chi connectivity index (χ2n) is 5.25. The number of alkyl halides is 2. The van der Waals surface area contributed by atoms with Gasteiger partial charge in [-0.1, -0.05) is 64.7 Å². The summed E-state index contributed by atoms with van der Waals surface area (Å²) in [6.07, 6.45) is 7.57. The zero-order valence-electron chi connectivity index (χ0n) is 12.7. The van der Waals surface area contributed by atoms with E-state index in [0.29, 0.717) is 6.42 Å². The van der Waals surface area contributed by atoms with E-state index in [1.807, 2.05) is 0 Å². The number of aliphatic hydroxyl groups is 1. The third kappa shape index (κ3) is 7.78. The molecular formula is C15H28F2O3. The predicted octanol–water partition coefficient (Wildman–Crippen LogP) is 4.08. The van der Waals surface area contributed by atoms with E-state index in [-0.39, 0.29) is 6.42 Å². The van der Waals surface area contributed by atoms with Crippen molar-refractivity contribution in [2.24, 2.45) is 0 Å². The molecule has 0 aromatic heterocycles. The number of aliphatic hydroxyl groups excluding tert-OH is 1. The highest BCUT2D eigenvalue weighted by atomic mass is 19.3. The highest BCUT2D eigenvalue weighted by Gasteiger charge is 2.47. The molecule has 0 fully saturated rings.